The Morgan fingerprint density at radius 3 is 1.30 bits per heavy atom. The standard InChI is InChI=1S/C54H103N2O6P/c1-6-8-10-12-14-16-18-20-21-22-23-24-25-26-27-28-29-30-31-32-33-34-36-37-39-41-43-45-47-53(57)52(51-62-63(59,60)61-50-49-56(3,4)5)55-54(58)48-46-44-42-40-38-35-19-17-15-13-11-9-7-2/h9,11,15,17,35,38,42,44,52-53,57H,6-8,10,12-14,16,18-34,36-37,39-41,43,45-51H2,1-5H3,(H-,55,58,59,60)/p+1/b11-9-,17-15-,38-35-,44-42-. The second-order valence-electron chi connectivity index (χ2n) is 19.2. The largest absolute Gasteiger partial charge is 0.472 e. The fourth-order valence-electron chi connectivity index (χ4n) is 7.71. The van der Waals surface area contributed by atoms with Gasteiger partial charge in [-0.25, -0.2) is 4.57 Å². The van der Waals surface area contributed by atoms with E-state index in [4.69, 9.17) is 9.05 Å². The molecule has 0 aromatic rings. The van der Waals surface area contributed by atoms with Crippen molar-refractivity contribution in [2.45, 2.75) is 251 Å². The molecular formula is C54H104N2O6P+. The zero-order valence-corrected chi connectivity index (χ0v) is 43.0. The minimum absolute atomic E-state index is 0.0609. The number of phosphoric acid groups is 1. The highest BCUT2D eigenvalue weighted by Crippen LogP contribution is 2.43. The van der Waals surface area contributed by atoms with E-state index in [2.05, 4.69) is 55.6 Å². The molecule has 0 rings (SSSR count). The predicted octanol–water partition coefficient (Wildman–Crippen LogP) is 15.6. The van der Waals surface area contributed by atoms with Crippen LogP contribution >= 0.6 is 7.82 Å². The van der Waals surface area contributed by atoms with Gasteiger partial charge >= 0.3 is 7.82 Å². The van der Waals surface area contributed by atoms with E-state index < -0.39 is 20.0 Å². The van der Waals surface area contributed by atoms with Gasteiger partial charge in [0.1, 0.15) is 13.2 Å². The van der Waals surface area contributed by atoms with Crippen LogP contribution in [0, 0.1) is 0 Å². The molecule has 0 aromatic heterocycles. The molecule has 0 aliphatic heterocycles. The van der Waals surface area contributed by atoms with Gasteiger partial charge < -0.3 is 19.8 Å². The lowest BCUT2D eigenvalue weighted by molar-refractivity contribution is -0.870. The summed E-state index contributed by atoms with van der Waals surface area (Å²) in [5.41, 5.74) is 0. The maximum atomic E-state index is 12.9. The van der Waals surface area contributed by atoms with E-state index in [1.807, 2.05) is 33.3 Å². The van der Waals surface area contributed by atoms with Crippen molar-refractivity contribution in [2.24, 2.45) is 0 Å². The van der Waals surface area contributed by atoms with Crippen molar-refractivity contribution in [3.8, 4) is 0 Å². The van der Waals surface area contributed by atoms with Crippen molar-refractivity contribution in [1.29, 1.82) is 0 Å². The number of hydrogen-bond donors (Lipinski definition) is 3. The topological polar surface area (TPSA) is 105 Å². The van der Waals surface area contributed by atoms with Crippen molar-refractivity contribution in [2.75, 3.05) is 40.9 Å². The van der Waals surface area contributed by atoms with Gasteiger partial charge in [0.25, 0.3) is 0 Å². The number of allylic oxidation sites excluding steroid dienone is 8. The molecule has 8 nitrogen and oxygen atoms in total. The Bertz CT molecular complexity index is 1170. The molecule has 0 spiro atoms. The number of quaternary nitrogens is 1. The predicted molar refractivity (Wildman–Crippen MR) is 272 cm³/mol. The van der Waals surface area contributed by atoms with E-state index in [9.17, 15) is 19.4 Å². The third-order valence-electron chi connectivity index (χ3n) is 11.9. The number of nitrogens with zero attached hydrogens (tertiary/aromatic N) is 1. The molecule has 370 valence electrons. The zero-order chi connectivity index (χ0) is 46.4. The third kappa shape index (κ3) is 48.2. The first kappa shape index (κ1) is 61.5. The Kier molecular flexibility index (Phi) is 44.5. The second kappa shape index (κ2) is 45.6. The molecule has 3 unspecified atom stereocenters. The van der Waals surface area contributed by atoms with Crippen LogP contribution in [0.1, 0.15) is 239 Å². The van der Waals surface area contributed by atoms with Crippen molar-refractivity contribution < 1.29 is 32.9 Å². The molecule has 0 heterocycles. The lowest BCUT2D eigenvalue weighted by Gasteiger charge is -2.26. The Labute approximate surface area is 390 Å². The highest BCUT2D eigenvalue weighted by atomic mass is 31.2. The minimum Gasteiger partial charge on any atom is -0.391 e. The summed E-state index contributed by atoms with van der Waals surface area (Å²) in [6.45, 7) is 4.73. The average molecular weight is 908 g/mol. The molecule has 0 fully saturated rings. The quantitative estimate of drug-likeness (QED) is 0.0243. The van der Waals surface area contributed by atoms with Gasteiger partial charge in [-0.2, -0.15) is 0 Å². The summed E-state index contributed by atoms with van der Waals surface area (Å²) in [5.74, 6) is -0.223. The summed E-state index contributed by atoms with van der Waals surface area (Å²) in [6, 6.07) is -0.800. The molecule has 0 saturated heterocycles. The Hall–Kier alpha value is -1.54. The lowest BCUT2D eigenvalue weighted by atomic mass is 10.0. The van der Waals surface area contributed by atoms with Crippen LogP contribution in [0.5, 0.6) is 0 Å². The van der Waals surface area contributed by atoms with Gasteiger partial charge in [0.2, 0.25) is 5.91 Å². The number of amides is 1. The maximum absolute atomic E-state index is 12.9. The second-order valence-corrected chi connectivity index (χ2v) is 20.7. The van der Waals surface area contributed by atoms with Gasteiger partial charge in [-0.05, 0) is 38.5 Å². The zero-order valence-electron chi connectivity index (χ0n) is 42.1. The molecule has 3 atom stereocenters. The van der Waals surface area contributed by atoms with E-state index in [0.717, 1.165) is 44.9 Å². The monoisotopic (exact) mass is 908 g/mol. The Morgan fingerprint density at radius 1 is 0.556 bits per heavy atom. The van der Waals surface area contributed by atoms with Crippen molar-refractivity contribution in [3.63, 3.8) is 0 Å². The first-order valence-corrected chi connectivity index (χ1v) is 28.0. The number of unbranched alkanes of at least 4 members (excludes halogenated alkanes) is 27. The van der Waals surface area contributed by atoms with Crippen molar-refractivity contribution in [1.82, 2.24) is 5.32 Å². The average Bonchev–Trinajstić information content (AvgIpc) is 3.24. The summed E-state index contributed by atoms with van der Waals surface area (Å²) >= 11 is 0. The summed E-state index contributed by atoms with van der Waals surface area (Å²) in [4.78, 5) is 23.2. The van der Waals surface area contributed by atoms with Gasteiger partial charge in [-0.1, -0.05) is 242 Å². The van der Waals surface area contributed by atoms with Gasteiger partial charge in [0.05, 0.1) is 39.9 Å². The minimum atomic E-state index is -4.34. The molecule has 1 amide bonds. The summed E-state index contributed by atoms with van der Waals surface area (Å²) in [7, 11) is 1.57. The number of nitrogens with one attached hydrogen (secondary N) is 1. The molecule has 0 saturated carbocycles. The smallest absolute Gasteiger partial charge is 0.391 e. The number of aliphatic hydroxyl groups excluding tert-OH is 1. The van der Waals surface area contributed by atoms with Crippen LogP contribution < -0.4 is 5.32 Å². The Balaban J connectivity index is 4.14. The van der Waals surface area contributed by atoms with Crippen LogP contribution in [0.4, 0.5) is 0 Å². The molecular weight excluding hydrogens is 804 g/mol. The van der Waals surface area contributed by atoms with Crippen LogP contribution in [-0.4, -0.2) is 73.4 Å². The number of likely N-dealkylation sites (N-methyl/N-ethyl adjacent to an activating group) is 1. The van der Waals surface area contributed by atoms with Crippen LogP contribution in [0.25, 0.3) is 0 Å². The summed E-state index contributed by atoms with van der Waals surface area (Å²) < 4.78 is 23.6. The van der Waals surface area contributed by atoms with E-state index in [0.29, 0.717) is 23.9 Å². The fraction of sp³-hybridized carbons (Fsp3) is 0.833. The SMILES string of the molecule is CC/C=C\C/C=C\C/C=C\C/C=C\CCC(=O)NC(COP(=O)(O)OCC[N+](C)(C)C)C(O)CCCCCCCCCCCCCCCCCCCCCCCCCCCCCC. The van der Waals surface area contributed by atoms with Crippen molar-refractivity contribution >= 4 is 13.7 Å². The number of carbonyl (C=O) groups excluding carboxylic acids is 1. The first-order valence-electron chi connectivity index (χ1n) is 26.5. The van der Waals surface area contributed by atoms with Crippen LogP contribution in [0.3, 0.4) is 0 Å². The third-order valence-corrected chi connectivity index (χ3v) is 12.8. The van der Waals surface area contributed by atoms with E-state index in [1.54, 1.807) is 0 Å². The van der Waals surface area contributed by atoms with Gasteiger partial charge in [0.15, 0.2) is 0 Å². The number of carbonyl (C=O) groups is 1. The van der Waals surface area contributed by atoms with E-state index >= 15 is 0 Å². The summed E-state index contributed by atoms with van der Waals surface area (Å²) in [5, 5.41) is 13.9. The van der Waals surface area contributed by atoms with E-state index in [-0.39, 0.29) is 25.5 Å². The first-order chi connectivity index (χ1) is 30.5. The Morgan fingerprint density at radius 2 is 0.921 bits per heavy atom. The van der Waals surface area contributed by atoms with Gasteiger partial charge in [0, 0.05) is 6.42 Å². The number of phosphoric ester groups is 1. The fourth-order valence-corrected chi connectivity index (χ4v) is 8.44. The summed E-state index contributed by atoms with van der Waals surface area (Å²) in [6.07, 6.45) is 59.1. The highest BCUT2D eigenvalue weighted by molar-refractivity contribution is 7.47. The molecule has 3 N–H and O–H groups in total. The molecule has 0 aliphatic carbocycles. The number of rotatable bonds is 48. The molecule has 9 heteroatoms. The number of aliphatic hydroxyl groups is 1. The lowest BCUT2D eigenvalue weighted by Crippen LogP contribution is -2.46. The van der Waals surface area contributed by atoms with E-state index in [1.165, 1.54) is 161 Å². The van der Waals surface area contributed by atoms with Gasteiger partial charge in [-0.15, -0.1) is 0 Å². The van der Waals surface area contributed by atoms with Crippen molar-refractivity contribution in [3.05, 3.63) is 48.6 Å². The maximum Gasteiger partial charge on any atom is 0.472 e. The molecule has 0 radical (unpaired) electrons. The highest BCUT2D eigenvalue weighted by Gasteiger charge is 2.28. The number of hydrogen-bond acceptors (Lipinski definition) is 5. The van der Waals surface area contributed by atoms with Crippen LogP contribution in [0.2, 0.25) is 0 Å². The molecule has 0 aliphatic rings. The molecule has 63 heavy (non-hydrogen) atoms. The normalized spacial score (nSPS) is 14.5. The molecule has 0 aromatic carbocycles. The van der Waals surface area contributed by atoms with Crippen LogP contribution in [-0.2, 0) is 18.4 Å². The molecule has 0 bridgehead atoms. The van der Waals surface area contributed by atoms with Gasteiger partial charge in [-0.3, -0.25) is 13.8 Å². The van der Waals surface area contributed by atoms with Crippen LogP contribution in [0.15, 0.2) is 48.6 Å².